The number of amides is 1. The van der Waals surface area contributed by atoms with Gasteiger partial charge in [0.2, 0.25) is 0 Å². The van der Waals surface area contributed by atoms with Crippen LogP contribution in [0.15, 0.2) is 30.3 Å². The van der Waals surface area contributed by atoms with Gasteiger partial charge in [-0.2, -0.15) is 0 Å². The number of aryl methyl sites for hydroxylation is 1. The minimum absolute atomic E-state index is 0.162. The van der Waals surface area contributed by atoms with E-state index < -0.39 is 0 Å². The molecule has 2 fully saturated rings. The number of rotatable bonds is 2. The van der Waals surface area contributed by atoms with E-state index in [4.69, 9.17) is 9.72 Å². The molecule has 3 heterocycles. The molecular weight excluding hydrogens is 302 g/mol. The normalized spacial score (nSPS) is 21.5. The number of hydrogen-bond acceptors (Lipinski definition) is 4. The van der Waals surface area contributed by atoms with Crippen molar-refractivity contribution >= 4 is 22.6 Å². The summed E-state index contributed by atoms with van der Waals surface area (Å²) in [6.07, 6.45) is 1.65. The summed E-state index contributed by atoms with van der Waals surface area (Å²) in [4.78, 5) is 21.5. The second-order valence-corrected chi connectivity index (χ2v) is 6.63. The molecule has 2 aliphatic rings. The zero-order valence-corrected chi connectivity index (χ0v) is 14.1. The van der Waals surface area contributed by atoms with E-state index in [1.165, 1.54) is 10.9 Å². The second-order valence-electron chi connectivity index (χ2n) is 6.63. The molecule has 1 aromatic carbocycles. The Morgan fingerprint density at radius 2 is 2.00 bits per heavy atom. The van der Waals surface area contributed by atoms with Crippen LogP contribution in [-0.4, -0.2) is 54.7 Å². The molecule has 126 valence electrons. The molecule has 2 aliphatic heterocycles. The molecule has 1 atom stereocenters. The highest BCUT2D eigenvalue weighted by atomic mass is 16.5. The molecule has 1 amide bonds. The van der Waals surface area contributed by atoms with Crippen molar-refractivity contribution in [2.45, 2.75) is 25.9 Å². The van der Waals surface area contributed by atoms with Gasteiger partial charge in [-0.05, 0) is 37.5 Å². The Bertz CT molecular complexity index is 747. The third kappa shape index (κ3) is 2.84. The maximum absolute atomic E-state index is 12.4. The van der Waals surface area contributed by atoms with Crippen molar-refractivity contribution in [3.05, 3.63) is 35.9 Å². The number of hydrogen-bond donors (Lipinski definition) is 0. The average molecular weight is 325 g/mol. The lowest BCUT2D eigenvalue weighted by Crippen LogP contribution is -2.51. The summed E-state index contributed by atoms with van der Waals surface area (Å²) in [7, 11) is 0. The molecule has 5 nitrogen and oxygen atoms in total. The fraction of sp³-hybridized carbons (Fsp3) is 0.474. The highest BCUT2D eigenvalue weighted by Gasteiger charge is 2.30. The summed E-state index contributed by atoms with van der Waals surface area (Å²) in [5.41, 5.74) is 2.28. The topological polar surface area (TPSA) is 45.7 Å². The number of carbonyl (C=O) groups is 1. The van der Waals surface area contributed by atoms with Crippen LogP contribution in [0, 0.1) is 6.92 Å². The van der Waals surface area contributed by atoms with Gasteiger partial charge in [-0.3, -0.25) is 4.79 Å². The molecule has 2 saturated heterocycles. The molecule has 5 heteroatoms. The van der Waals surface area contributed by atoms with Crippen molar-refractivity contribution in [2.24, 2.45) is 0 Å². The van der Waals surface area contributed by atoms with Crippen LogP contribution in [0.3, 0.4) is 0 Å². The van der Waals surface area contributed by atoms with Gasteiger partial charge in [0.15, 0.2) is 0 Å². The van der Waals surface area contributed by atoms with Crippen molar-refractivity contribution in [1.29, 1.82) is 0 Å². The molecule has 0 saturated carbocycles. The number of benzene rings is 1. The van der Waals surface area contributed by atoms with Crippen LogP contribution in [0.5, 0.6) is 0 Å². The molecule has 0 bridgehead atoms. The van der Waals surface area contributed by atoms with E-state index in [1.807, 2.05) is 17.0 Å². The van der Waals surface area contributed by atoms with Gasteiger partial charge in [-0.15, -0.1) is 0 Å². The average Bonchev–Trinajstić information content (AvgIpc) is 3.16. The zero-order valence-electron chi connectivity index (χ0n) is 14.1. The van der Waals surface area contributed by atoms with Gasteiger partial charge in [0.1, 0.15) is 11.9 Å². The van der Waals surface area contributed by atoms with Crippen LogP contribution in [0.2, 0.25) is 0 Å². The molecule has 0 spiro atoms. The van der Waals surface area contributed by atoms with E-state index in [-0.39, 0.29) is 12.0 Å². The largest absolute Gasteiger partial charge is 0.368 e. The molecule has 4 rings (SSSR count). The summed E-state index contributed by atoms with van der Waals surface area (Å²) in [5, 5.41) is 1.20. The first kappa shape index (κ1) is 15.4. The standard InChI is InChI=1S/C19H23N3O2/c1-14-13-18(20-16-6-3-2-5-15(14)16)21-8-10-22(11-9-21)19(23)17-7-4-12-24-17/h2-3,5-6,13,17H,4,7-12H2,1H3. The molecule has 1 aromatic heterocycles. The summed E-state index contributed by atoms with van der Waals surface area (Å²) in [6, 6.07) is 10.4. The van der Waals surface area contributed by atoms with Crippen molar-refractivity contribution in [1.82, 2.24) is 9.88 Å². The number of anilines is 1. The van der Waals surface area contributed by atoms with Crippen molar-refractivity contribution in [3.63, 3.8) is 0 Å². The molecule has 0 N–H and O–H groups in total. The Labute approximate surface area is 142 Å². The van der Waals surface area contributed by atoms with E-state index in [1.54, 1.807) is 0 Å². The van der Waals surface area contributed by atoms with Crippen LogP contribution in [0.25, 0.3) is 10.9 Å². The van der Waals surface area contributed by atoms with Crippen LogP contribution in [-0.2, 0) is 9.53 Å². The number of para-hydroxylation sites is 1. The fourth-order valence-corrected chi connectivity index (χ4v) is 3.63. The second kappa shape index (κ2) is 6.40. The van der Waals surface area contributed by atoms with Crippen molar-refractivity contribution in [2.75, 3.05) is 37.7 Å². The molecule has 2 aromatic rings. The zero-order chi connectivity index (χ0) is 16.5. The van der Waals surface area contributed by atoms with Crippen molar-refractivity contribution < 1.29 is 9.53 Å². The summed E-state index contributed by atoms with van der Waals surface area (Å²) in [5.74, 6) is 1.17. The smallest absolute Gasteiger partial charge is 0.251 e. The minimum atomic E-state index is -0.211. The SMILES string of the molecule is Cc1cc(N2CCN(C(=O)C3CCCO3)CC2)nc2ccccc12. The Balaban J connectivity index is 1.46. The number of pyridine rings is 1. The quantitative estimate of drug-likeness (QED) is 0.850. The maximum atomic E-state index is 12.4. The lowest BCUT2D eigenvalue weighted by molar-refractivity contribution is -0.141. The van der Waals surface area contributed by atoms with E-state index in [9.17, 15) is 4.79 Å². The first-order valence-electron chi connectivity index (χ1n) is 8.74. The van der Waals surface area contributed by atoms with Gasteiger partial charge in [-0.1, -0.05) is 18.2 Å². The Kier molecular flexibility index (Phi) is 4.10. The number of ether oxygens (including phenoxy) is 1. The van der Waals surface area contributed by atoms with Crippen LogP contribution < -0.4 is 4.90 Å². The van der Waals surface area contributed by atoms with E-state index in [2.05, 4.69) is 30.0 Å². The van der Waals surface area contributed by atoms with Crippen LogP contribution >= 0.6 is 0 Å². The first-order valence-corrected chi connectivity index (χ1v) is 8.74. The van der Waals surface area contributed by atoms with Gasteiger partial charge >= 0.3 is 0 Å². The predicted octanol–water partition coefficient (Wildman–Crippen LogP) is 2.37. The van der Waals surface area contributed by atoms with Crippen LogP contribution in [0.1, 0.15) is 18.4 Å². The number of aromatic nitrogens is 1. The summed E-state index contributed by atoms with van der Waals surface area (Å²) >= 11 is 0. The third-order valence-electron chi connectivity index (χ3n) is 5.03. The van der Waals surface area contributed by atoms with Gasteiger partial charge < -0.3 is 14.5 Å². The summed E-state index contributed by atoms with van der Waals surface area (Å²) < 4.78 is 5.53. The fourth-order valence-electron chi connectivity index (χ4n) is 3.63. The van der Waals surface area contributed by atoms with Crippen molar-refractivity contribution in [3.8, 4) is 0 Å². The van der Waals surface area contributed by atoms with Gasteiger partial charge in [0.05, 0.1) is 5.52 Å². The molecule has 0 aliphatic carbocycles. The molecular formula is C19H23N3O2. The van der Waals surface area contributed by atoms with Gasteiger partial charge in [0, 0.05) is 38.2 Å². The van der Waals surface area contributed by atoms with E-state index in [0.29, 0.717) is 0 Å². The number of nitrogens with zero attached hydrogens (tertiary/aromatic N) is 3. The van der Waals surface area contributed by atoms with E-state index >= 15 is 0 Å². The lowest BCUT2D eigenvalue weighted by atomic mass is 10.1. The minimum Gasteiger partial charge on any atom is -0.368 e. The Morgan fingerprint density at radius 1 is 1.21 bits per heavy atom. The molecule has 0 radical (unpaired) electrons. The number of fused-ring (bicyclic) bond motifs is 1. The Morgan fingerprint density at radius 3 is 2.75 bits per heavy atom. The highest BCUT2D eigenvalue weighted by Crippen LogP contribution is 2.23. The predicted molar refractivity (Wildman–Crippen MR) is 94.2 cm³/mol. The maximum Gasteiger partial charge on any atom is 0.251 e. The molecule has 24 heavy (non-hydrogen) atoms. The first-order chi connectivity index (χ1) is 11.7. The van der Waals surface area contributed by atoms with Gasteiger partial charge in [0.25, 0.3) is 5.91 Å². The Hall–Kier alpha value is -2.14. The van der Waals surface area contributed by atoms with Crippen LogP contribution in [0.4, 0.5) is 5.82 Å². The van der Waals surface area contributed by atoms with E-state index in [0.717, 1.165) is 57.0 Å². The van der Waals surface area contributed by atoms with Gasteiger partial charge in [-0.25, -0.2) is 4.98 Å². The number of piperazine rings is 1. The number of carbonyl (C=O) groups excluding carboxylic acids is 1. The monoisotopic (exact) mass is 325 g/mol. The molecule has 1 unspecified atom stereocenters. The highest BCUT2D eigenvalue weighted by molar-refractivity contribution is 5.84. The lowest BCUT2D eigenvalue weighted by Gasteiger charge is -2.36. The summed E-state index contributed by atoms with van der Waals surface area (Å²) in [6.45, 7) is 5.98. The third-order valence-corrected chi connectivity index (χ3v) is 5.03.